The molecule has 3 rings (SSSR count). The molecule has 39 heavy (non-hydrogen) atoms. The summed E-state index contributed by atoms with van der Waals surface area (Å²) in [7, 11) is 0. The monoisotopic (exact) mass is 531 g/mol. The highest BCUT2D eigenvalue weighted by molar-refractivity contribution is 6.00. The molecule has 0 aliphatic carbocycles. The summed E-state index contributed by atoms with van der Waals surface area (Å²) in [6.07, 6.45) is 1.94. The number of nitrogens with one attached hydrogen (secondary N) is 2. The summed E-state index contributed by atoms with van der Waals surface area (Å²) in [5, 5.41) is 7.71. The minimum Gasteiger partial charge on any atom is -0.444 e. The zero-order chi connectivity index (χ0) is 28.6. The molecule has 3 aromatic rings. The van der Waals surface area contributed by atoms with E-state index in [4.69, 9.17) is 4.74 Å². The van der Waals surface area contributed by atoms with Crippen LogP contribution in [0.5, 0.6) is 0 Å². The summed E-state index contributed by atoms with van der Waals surface area (Å²) in [5.41, 5.74) is 2.71. The van der Waals surface area contributed by atoms with Crippen molar-refractivity contribution >= 4 is 34.4 Å². The second-order valence-corrected chi connectivity index (χ2v) is 10.9. The molecule has 1 unspecified atom stereocenters. The van der Waals surface area contributed by atoms with Gasteiger partial charge in [0.1, 0.15) is 18.2 Å². The lowest BCUT2D eigenvalue weighted by Gasteiger charge is -2.33. The van der Waals surface area contributed by atoms with Crippen molar-refractivity contribution in [3.8, 4) is 0 Å². The lowest BCUT2D eigenvalue weighted by Crippen LogP contribution is -2.47. The molecule has 0 radical (unpaired) electrons. The molecule has 0 aromatic heterocycles. The van der Waals surface area contributed by atoms with Crippen LogP contribution in [-0.4, -0.2) is 41.5 Å². The standard InChI is InChI=1S/C32H41N3O4/c1-7-8-11-19-35(28(36)21-33-31(38)39-32(4,5)6)29(27-16-12-13-22(2)23(27)3)30(37)34-26-18-17-24-14-9-10-15-25(24)20-26/h9-10,12-18,20,29H,7-8,11,19,21H2,1-6H3,(H,33,38)(H,34,37). The van der Waals surface area contributed by atoms with Crippen molar-refractivity contribution in [2.75, 3.05) is 18.4 Å². The topological polar surface area (TPSA) is 87.7 Å². The molecule has 3 amide bonds. The van der Waals surface area contributed by atoms with E-state index in [1.54, 1.807) is 25.7 Å². The molecular formula is C32H41N3O4. The Bertz CT molecular complexity index is 1310. The second kappa shape index (κ2) is 13.3. The number of fused-ring (bicyclic) bond motifs is 1. The number of hydrogen-bond donors (Lipinski definition) is 2. The summed E-state index contributed by atoms with van der Waals surface area (Å²) in [5.74, 6) is -0.655. The Labute approximate surface area is 231 Å². The van der Waals surface area contributed by atoms with Gasteiger partial charge in [0.2, 0.25) is 5.91 Å². The number of hydrogen-bond acceptors (Lipinski definition) is 4. The largest absolute Gasteiger partial charge is 0.444 e. The van der Waals surface area contributed by atoms with E-state index in [1.165, 1.54) is 0 Å². The van der Waals surface area contributed by atoms with Gasteiger partial charge in [-0.2, -0.15) is 0 Å². The van der Waals surface area contributed by atoms with E-state index in [-0.39, 0.29) is 18.4 Å². The number of ether oxygens (including phenoxy) is 1. The predicted molar refractivity (Wildman–Crippen MR) is 157 cm³/mol. The highest BCUT2D eigenvalue weighted by Gasteiger charge is 2.33. The average molecular weight is 532 g/mol. The molecule has 0 aliphatic heterocycles. The molecule has 0 saturated carbocycles. The van der Waals surface area contributed by atoms with Crippen molar-refractivity contribution in [3.05, 3.63) is 77.4 Å². The molecule has 2 N–H and O–H groups in total. The second-order valence-electron chi connectivity index (χ2n) is 10.9. The first-order chi connectivity index (χ1) is 18.5. The van der Waals surface area contributed by atoms with Crippen molar-refractivity contribution in [1.82, 2.24) is 10.2 Å². The molecule has 0 heterocycles. The highest BCUT2D eigenvalue weighted by atomic mass is 16.6. The highest BCUT2D eigenvalue weighted by Crippen LogP contribution is 2.29. The van der Waals surface area contributed by atoms with Crippen LogP contribution in [0.3, 0.4) is 0 Å². The number of carbonyl (C=O) groups excluding carboxylic acids is 3. The van der Waals surface area contributed by atoms with Crippen LogP contribution in [0.1, 0.15) is 69.7 Å². The van der Waals surface area contributed by atoms with Gasteiger partial charge in [-0.1, -0.05) is 68.3 Å². The third-order valence-corrected chi connectivity index (χ3v) is 6.62. The van der Waals surface area contributed by atoms with E-state index in [2.05, 4.69) is 17.6 Å². The Morgan fingerprint density at radius 1 is 0.923 bits per heavy atom. The molecule has 0 aliphatic rings. The number of unbranched alkanes of at least 4 members (excludes halogenated alkanes) is 2. The lowest BCUT2D eigenvalue weighted by atomic mass is 9.95. The van der Waals surface area contributed by atoms with Crippen LogP contribution in [0.15, 0.2) is 60.7 Å². The fraction of sp³-hybridized carbons (Fsp3) is 0.406. The SMILES string of the molecule is CCCCCN(C(=O)CNC(=O)OC(C)(C)C)C(C(=O)Nc1ccc2ccccc2c1)c1cccc(C)c1C. The number of rotatable bonds is 10. The maximum atomic E-state index is 14.0. The van der Waals surface area contributed by atoms with Crippen LogP contribution < -0.4 is 10.6 Å². The average Bonchev–Trinajstić information content (AvgIpc) is 2.88. The summed E-state index contributed by atoms with van der Waals surface area (Å²) < 4.78 is 5.31. The predicted octanol–water partition coefficient (Wildman–Crippen LogP) is 6.68. The van der Waals surface area contributed by atoms with E-state index in [0.717, 1.165) is 46.7 Å². The van der Waals surface area contributed by atoms with Gasteiger partial charge < -0.3 is 20.3 Å². The number of carbonyl (C=O) groups is 3. The molecule has 7 nitrogen and oxygen atoms in total. The first-order valence-electron chi connectivity index (χ1n) is 13.6. The fourth-order valence-electron chi connectivity index (χ4n) is 4.49. The van der Waals surface area contributed by atoms with E-state index in [1.807, 2.05) is 74.5 Å². The minimum absolute atomic E-state index is 0.272. The van der Waals surface area contributed by atoms with Crippen molar-refractivity contribution in [1.29, 1.82) is 0 Å². The molecule has 0 saturated heterocycles. The van der Waals surface area contributed by atoms with Gasteiger partial charge in [0, 0.05) is 12.2 Å². The zero-order valence-electron chi connectivity index (χ0n) is 24.0. The van der Waals surface area contributed by atoms with Crippen LogP contribution >= 0.6 is 0 Å². The van der Waals surface area contributed by atoms with Crippen molar-refractivity contribution in [2.24, 2.45) is 0 Å². The van der Waals surface area contributed by atoms with Gasteiger partial charge in [0.05, 0.1) is 0 Å². The molecule has 7 heteroatoms. The smallest absolute Gasteiger partial charge is 0.408 e. The normalized spacial score (nSPS) is 12.1. The number of amides is 3. The summed E-state index contributed by atoms with van der Waals surface area (Å²) >= 11 is 0. The van der Waals surface area contributed by atoms with Crippen LogP contribution in [0.4, 0.5) is 10.5 Å². The Hall–Kier alpha value is -3.87. The summed E-state index contributed by atoms with van der Waals surface area (Å²) in [4.78, 5) is 41.5. The number of benzene rings is 3. The molecule has 208 valence electrons. The summed E-state index contributed by atoms with van der Waals surface area (Å²) in [6.45, 7) is 11.4. The van der Waals surface area contributed by atoms with Gasteiger partial charge in [-0.3, -0.25) is 9.59 Å². The summed E-state index contributed by atoms with van der Waals surface area (Å²) in [6, 6.07) is 18.6. The first kappa shape index (κ1) is 29.7. The van der Waals surface area contributed by atoms with Crippen LogP contribution in [0, 0.1) is 13.8 Å². The van der Waals surface area contributed by atoms with E-state index < -0.39 is 17.7 Å². The van der Waals surface area contributed by atoms with Crippen molar-refractivity contribution in [3.63, 3.8) is 0 Å². The molecule has 0 fully saturated rings. The number of aryl methyl sites for hydroxylation is 1. The fourth-order valence-corrected chi connectivity index (χ4v) is 4.49. The van der Waals surface area contributed by atoms with Crippen molar-refractivity contribution < 1.29 is 19.1 Å². The van der Waals surface area contributed by atoms with Gasteiger partial charge in [-0.05, 0) is 80.6 Å². The first-order valence-corrected chi connectivity index (χ1v) is 13.6. The zero-order valence-corrected chi connectivity index (χ0v) is 24.0. The Kier molecular flexibility index (Phi) is 10.1. The van der Waals surface area contributed by atoms with Crippen LogP contribution in [0.25, 0.3) is 10.8 Å². The number of nitrogens with zero attached hydrogens (tertiary/aromatic N) is 1. The maximum absolute atomic E-state index is 14.0. The van der Waals surface area contributed by atoms with E-state index in [9.17, 15) is 14.4 Å². The van der Waals surface area contributed by atoms with E-state index >= 15 is 0 Å². The van der Waals surface area contributed by atoms with Gasteiger partial charge in [-0.25, -0.2) is 4.79 Å². The molecule has 0 bridgehead atoms. The Morgan fingerprint density at radius 3 is 2.33 bits per heavy atom. The molecular weight excluding hydrogens is 490 g/mol. The van der Waals surface area contributed by atoms with Crippen LogP contribution in [0.2, 0.25) is 0 Å². The molecule has 0 spiro atoms. The minimum atomic E-state index is -0.874. The maximum Gasteiger partial charge on any atom is 0.408 e. The number of anilines is 1. The number of alkyl carbamates (subject to hydrolysis) is 1. The Balaban J connectivity index is 1.95. The van der Waals surface area contributed by atoms with Gasteiger partial charge >= 0.3 is 6.09 Å². The third-order valence-electron chi connectivity index (χ3n) is 6.62. The molecule has 1 atom stereocenters. The van der Waals surface area contributed by atoms with Gasteiger partial charge in [-0.15, -0.1) is 0 Å². The third kappa shape index (κ3) is 8.31. The van der Waals surface area contributed by atoms with Gasteiger partial charge in [0.25, 0.3) is 5.91 Å². The quantitative estimate of drug-likeness (QED) is 0.286. The lowest BCUT2D eigenvalue weighted by molar-refractivity contribution is -0.138. The van der Waals surface area contributed by atoms with Crippen LogP contribution in [-0.2, 0) is 14.3 Å². The Morgan fingerprint density at radius 2 is 1.64 bits per heavy atom. The van der Waals surface area contributed by atoms with Gasteiger partial charge in [0.15, 0.2) is 0 Å². The molecule has 3 aromatic carbocycles. The van der Waals surface area contributed by atoms with Crippen molar-refractivity contribution in [2.45, 2.75) is 72.4 Å². The van der Waals surface area contributed by atoms with E-state index in [0.29, 0.717) is 12.2 Å².